The predicted octanol–water partition coefficient (Wildman–Crippen LogP) is 5.08. The summed E-state index contributed by atoms with van der Waals surface area (Å²) in [5.74, 6) is 2.41. The first-order valence-electron chi connectivity index (χ1n) is 8.84. The van der Waals surface area contributed by atoms with E-state index in [0.29, 0.717) is 5.41 Å². The summed E-state index contributed by atoms with van der Waals surface area (Å²) in [5, 5.41) is 3.44. The zero-order valence-corrected chi connectivity index (χ0v) is 14.0. The van der Waals surface area contributed by atoms with Crippen LogP contribution in [0.15, 0.2) is 24.3 Å². The first-order valence-corrected chi connectivity index (χ1v) is 8.84. The molecule has 2 aliphatic rings. The molecular formula is C20H31N. The van der Waals surface area contributed by atoms with Crippen LogP contribution in [0.2, 0.25) is 0 Å². The second-order valence-electron chi connectivity index (χ2n) is 8.09. The fourth-order valence-electron chi connectivity index (χ4n) is 4.45. The van der Waals surface area contributed by atoms with Gasteiger partial charge in [-0.1, -0.05) is 44.5 Å². The summed E-state index contributed by atoms with van der Waals surface area (Å²) in [7, 11) is 2.11. The Morgan fingerprint density at radius 2 is 1.81 bits per heavy atom. The Balaban J connectivity index is 1.91. The topological polar surface area (TPSA) is 12.0 Å². The van der Waals surface area contributed by atoms with E-state index in [-0.39, 0.29) is 0 Å². The molecular weight excluding hydrogens is 254 g/mol. The molecule has 0 radical (unpaired) electrons. The Morgan fingerprint density at radius 3 is 2.43 bits per heavy atom. The maximum absolute atomic E-state index is 3.44. The molecule has 0 heterocycles. The van der Waals surface area contributed by atoms with Crippen LogP contribution < -0.4 is 5.32 Å². The van der Waals surface area contributed by atoms with Crippen molar-refractivity contribution in [3.63, 3.8) is 0 Å². The van der Waals surface area contributed by atoms with Gasteiger partial charge in [-0.3, -0.25) is 0 Å². The van der Waals surface area contributed by atoms with E-state index in [2.05, 4.69) is 50.5 Å². The zero-order chi connectivity index (χ0) is 14.9. The average molecular weight is 285 g/mol. The lowest BCUT2D eigenvalue weighted by Gasteiger charge is -2.43. The Bertz CT molecular complexity index is 472. The van der Waals surface area contributed by atoms with E-state index in [4.69, 9.17) is 0 Å². The van der Waals surface area contributed by atoms with Gasteiger partial charge in [0.2, 0.25) is 0 Å². The Morgan fingerprint density at radius 1 is 1.10 bits per heavy atom. The second-order valence-corrected chi connectivity index (χ2v) is 8.09. The van der Waals surface area contributed by atoms with Crippen molar-refractivity contribution < 1.29 is 0 Å². The van der Waals surface area contributed by atoms with Gasteiger partial charge in [0.1, 0.15) is 0 Å². The van der Waals surface area contributed by atoms with Crippen LogP contribution in [-0.2, 0) is 0 Å². The lowest BCUT2D eigenvalue weighted by molar-refractivity contribution is 0.160. The first kappa shape index (κ1) is 15.1. The van der Waals surface area contributed by atoms with E-state index in [1.54, 1.807) is 11.1 Å². The van der Waals surface area contributed by atoms with E-state index in [1.807, 2.05) is 0 Å². The molecule has 3 rings (SSSR count). The predicted molar refractivity (Wildman–Crippen MR) is 90.8 cm³/mol. The van der Waals surface area contributed by atoms with Gasteiger partial charge in [-0.05, 0) is 80.0 Å². The van der Waals surface area contributed by atoms with Gasteiger partial charge in [0.15, 0.2) is 0 Å². The van der Waals surface area contributed by atoms with Gasteiger partial charge in [-0.15, -0.1) is 0 Å². The van der Waals surface area contributed by atoms with E-state index in [0.717, 1.165) is 17.8 Å². The monoisotopic (exact) mass is 285 g/mol. The SMILES string of the molecule is CNCC1CCC(C)(C)CC1c1ccccc1C1CCC1. The van der Waals surface area contributed by atoms with Crippen molar-refractivity contribution in [3.8, 4) is 0 Å². The molecule has 116 valence electrons. The van der Waals surface area contributed by atoms with Crippen LogP contribution in [0.3, 0.4) is 0 Å². The van der Waals surface area contributed by atoms with Gasteiger partial charge in [0.25, 0.3) is 0 Å². The van der Waals surface area contributed by atoms with E-state index in [9.17, 15) is 0 Å². The quantitative estimate of drug-likeness (QED) is 0.813. The largest absolute Gasteiger partial charge is 0.319 e. The summed E-state index contributed by atoms with van der Waals surface area (Å²) in [6, 6.07) is 9.35. The molecule has 0 saturated heterocycles. The third-order valence-corrected chi connectivity index (χ3v) is 5.94. The van der Waals surface area contributed by atoms with Gasteiger partial charge >= 0.3 is 0 Å². The van der Waals surface area contributed by atoms with Crippen molar-refractivity contribution >= 4 is 0 Å². The van der Waals surface area contributed by atoms with E-state index < -0.39 is 0 Å². The van der Waals surface area contributed by atoms with Crippen LogP contribution in [0.5, 0.6) is 0 Å². The Kier molecular flexibility index (Phi) is 4.40. The van der Waals surface area contributed by atoms with Crippen LogP contribution in [-0.4, -0.2) is 13.6 Å². The summed E-state index contributed by atoms with van der Waals surface area (Å²) < 4.78 is 0. The number of hydrogen-bond acceptors (Lipinski definition) is 1. The van der Waals surface area contributed by atoms with Gasteiger partial charge < -0.3 is 5.32 Å². The molecule has 1 N–H and O–H groups in total. The molecule has 1 aromatic rings. The maximum Gasteiger partial charge on any atom is -0.00177 e. The number of nitrogens with one attached hydrogen (secondary N) is 1. The second kappa shape index (κ2) is 6.12. The highest BCUT2D eigenvalue weighted by Crippen LogP contribution is 2.49. The van der Waals surface area contributed by atoms with Gasteiger partial charge in [0, 0.05) is 0 Å². The van der Waals surface area contributed by atoms with Crippen molar-refractivity contribution in [2.45, 2.75) is 64.2 Å². The Hall–Kier alpha value is -0.820. The summed E-state index contributed by atoms with van der Waals surface area (Å²) in [6.45, 7) is 6.09. The molecule has 1 aromatic carbocycles. The number of rotatable bonds is 4. The number of hydrogen-bond donors (Lipinski definition) is 1. The zero-order valence-electron chi connectivity index (χ0n) is 14.0. The highest BCUT2D eigenvalue weighted by Gasteiger charge is 2.37. The van der Waals surface area contributed by atoms with E-state index >= 15 is 0 Å². The molecule has 2 atom stereocenters. The third-order valence-electron chi connectivity index (χ3n) is 5.94. The fraction of sp³-hybridized carbons (Fsp3) is 0.700. The van der Waals surface area contributed by atoms with Crippen molar-refractivity contribution in [1.82, 2.24) is 5.32 Å². The first-order chi connectivity index (χ1) is 10.1. The lowest BCUT2D eigenvalue weighted by Crippen LogP contribution is -2.34. The molecule has 0 aromatic heterocycles. The van der Waals surface area contributed by atoms with Crippen molar-refractivity contribution in [2.24, 2.45) is 11.3 Å². The highest BCUT2D eigenvalue weighted by atomic mass is 14.8. The van der Waals surface area contributed by atoms with Crippen LogP contribution >= 0.6 is 0 Å². The fourth-order valence-corrected chi connectivity index (χ4v) is 4.45. The molecule has 0 spiro atoms. The van der Waals surface area contributed by atoms with Crippen LogP contribution in [0, 0.1) is 11.3 Å². The van der Waals surface area contributed by atoms with Crippen molar-refractivity contribution in [1.29, 1.82) is 0 Å². The molecule has 21 heavy (non-hydrogen) atoms. The van der Waals surface area contributed by atoms with E-state index in [1.165, 1.54) is 45.1 Å². The van der Waals surface area contributed by atoms with Crippen LogP contribution in [0.4, 0.5) is 0 Å². The Labute approximate surface area is 130 Å². The molecule has 0 amide bonds. The maximum atomic E-state index is 3.44. The summed E-state index contributed by atoms with van der Waals surface area (Å²) in [6.07, 6.45) is 8.34. The van der Waals surface area contributed by atoms with Crippen LogP contribution in [0.1, 0.15) is 75.3 Å². The van der Waals surface area contributed by atoms with Crippen molar-refractivity contribution in [2.75, 3.05) is 13.6 Å². The molecule has 1 heteroatoms. The molecule has 2 fully saturated rings. The summed E-state index contributed by atoms with van der Waals surface area (Å²) >= 11 is 0. The molecule has 2 aliphatic carbocycles. The summed E-state index contributed by atoms with van der Waals surface area (Å²) in [4.78, 5) is 0. The average Bonchev–Trinajstić information content (AvgIpc) is 2.40. The molecule has 2 saturated carbocycles. The minimum absolute atomic E-state index is 0.502. The minimum Gasteiger partial charge on any atom is -0.319 e. The molecule has 1 nitrogen and oxygen atoms in total. The number of benzene rings is 1. The normalized spacial score (nSPS) is 29.1. The molecule has 0 aliphatic heterocycles. The van der Waals surface area contributed by atoms with Gasteiger partial charge in [-0.2, -0.15) is 0 Å². The summed E-state index contributed by atoms with van der Waals surface area (Å²) in [5.41, 5.74) is 3.85. The smallest absolute Gasteiger partial charge is 0.00177 e. The lowest BCUT2D eigenvalue weighted by atomic mass is 9.63. The standard InChI is InChI=1S/C20H31N/c1-20(2)12-11-16(14-21-3)19(13-20)18-10-5-4-9-17(18)15-7-6-8-15/h4-5,9-10,15-16,19,21H,6-8,11-14H2,1-3H3. The van der Waals surface area contributed by atoms with Gasteiger partial charge in [0.05, 0.1) is 0 Å². The highest BCUT2D eigenvalue weighted by molar-refractivity contribution is 5.35. The van der Waals surface area contributed by atoms with Gasteiger partial charge in [-0.25, -0.2) is 0 Å². The third kappa shape index (κ3) is 3.18. The minimum atomic E-state index is 0.502. The molecule has 2 unspecified atom stereocenters. The van der Waals surface area contributed by atoms with Crippen molar-refractivity contribution in [3.05, 3.63) is 35.4 Å². The van der Waals surface area contributed by atoms with Crippen LogP contribution in [0.25, 0.3) is 0 Å². The molecule has 0 bridgehead atoms.